The third-order valence-corrected chi connectivity index (χ3v) is 8.71. The fourth-order valence-corrected chi connectivity index (χ4v) is 6.25. The second-order valence-electron chi connectivity index (χ2n) is 11.5. The molecular weight excluding hydrogens is 513 g/mol. The molecule has 1 unspecified atom stereocenters. The highest BCUT2D eigenvalue weighted by Gasteiger charge is 2.31. The summed E-state index contributed by atoms with van der Waals surface area (Å²) >= 11 is 0. The summed E-state index contributed by atoms with van der Waals surface area (Å²) in [5.41, 5.74) is 1.88. The Balaban J connectivity index is 1.66. The molecule has 1 fully saturated rings. The molecule has 0 heterocycles. The molecule has 0 aliphatic heterocycles. The van der Waals surface area contributed by atoms with E-state index in [1.54, 1.807) is 6.07 Å². The van der Waals surface area contributed by atoms with Gasteiger partial charge in [-0.25, -0.2) is 18.0 Å². The predicted octanol–water partition coefficient (Wildman–Crippen LogP) is 10.3. The lowest BCUT2D eigenvalue weighted by Crippen LogP contribution is -2.26. The smallest absolute Gasteiger partial charge is 0.338 e. The van der Waals surface area contributed by atoms with Gasteiger partial charge in [0.15, 0.2) is 17.8 Å². The van der Waals surface area contributed by atoms with Crippen LogP contribution in [-0.4, -0.2) is 23.9 Å². The van der Waals surface area contributed by atoms with Crippen molar-refractivity contribution in [3.05, 3.63) is 53.6 Å². The second kappa shape index (κ2) is 16.7. The number of ether oxygens (including phenoxy) is 1. The Labute approximate surface area is 238 Å². The van der Waals surface area contributed by atoms with E-state index < -0.39 is 23.8 Å². The van der Waals surface area contributed by atoms with Crippen LogP contribution in [0.3, 0.4) is 0 Å². The highest BCUT2D eigenvalue weighted by Crippen LogP contribution is 2.43. The Morgan fingerprint density at radius 3 is 2.25 bits per heavy atom. The van der Waals surface area contributed by atoms with E-state index >= 15 is 0 Å². The molecule has 40 heavy (non-hydrogen) atoms. The van der Waals surface area contributed by atoms with E-state index in [1.807, 2.05) is 25.1 Å². The lowest BCUT2D eigenvalue weighted by Gasteiger charge is -2.34. The number of carbonyl (C=O) groups is 1. The van der Waals surface area contributed by atoms with Gasteiger partial charge in [0.25, 0.3) is 0 Å². The summed E-state index contributed by atoms with van der Waals surface area (Å²) in [5, 5.41) is 8.99. The molecular formula is C34H47F3O3. The molecule has 1 N–H and O–H groups in total. The fraction of sp³-hybridized carbons (Fsp3) is 0.618. The summed E-state index contributed by atoms with van der Waals surface area (Å²) in [6, 6.07) is 10.1. The van der Waals surface area contributed by atoms with Crippen molar-refractivity contribution in [1.29, 1.82) is 0 Å². The lowest BCUT2D eigenvalue weighted by atomic mass is 9.71. The van der Waals surface area contributed by atoms with Gasteiger partial charge in [-0.15, -0.1) is 0 Å². The van der Waals surface area contributed by atoms with Gasteiger partial charge < -0.3 is 9.84 Å². The van der Waals surface area contributed by atoms with E-state index in [-0.39, 0.29) is 17.9 Å². The van der Waals surface area contributed by atoms with Crippen LogP contribution in [0, 0.1) is 23.5 Å². The van der Waals surface area contributed by atoms with Gasteiger partial charge in [-0.3, -0.25) is 0 Å². The maximum Gasteiger partial charge on any atom is 0.338 e. The number of rotatable bonds is 17. The van der Waals surface area contributed by atoms with Crippen LogP contribution in [0.15, 0.2) is 36.4 Å². The molecule has 2 atom stereocenters. The number of carboxylic acid groups (broad SMARTS) is 1. The molecule has 3 nitrogen and oxygen atoms in total. The van der Waals surface area contributed by atoms with Gasteiger partial charge >= 0.3 is 5.97 Å². The zero-order valence-electron chi connectivity index (χ0n) is 24.3. The molecule has 3 rings (SSSR count). The van der Waals surface area contributed by atoms with E-state index in [2.05, 4.69) is 6.92 Å². The maximum atomic E-state index is 14.7. The monoisotopic (exact) mass is 560 g/mol. The first-order chi connectivity index (χ1) is 19.3. The molecule has 0 bridgehead atoms. The Hall–Kier alpha value is -2.50. The Morgan fingerprint density at radius 1 is 0.925 bits per heavy atom. The highest BCUT2D eigenvalue weighted by molar-refractivity contribution is 5.72. The molecule has 0 spiro atoms. The van der Waals surface area contributed by atoms with Crippen LogP contribution in [0.4, 0.5) is 13.2 Å². The van der Waals surface area contributed by atoms with E-state index in [0.717, 1.165) is 56.6 Å². The lowest BCUT2D eigenvalue weighted by molar-refractivity contribution is -0.143. The van der Waals surface area contributed by atoms with Crippen molar-refractivity contribution < 1.29 is 27.8 Å². The minimum atomic E-state index is -1.81. The van der Waals surface area contributed by atoms with Crippen LogP contribution >= 0.6 is 0 Å². The number of hydrogen-bond acceptors (Lipinski definition) is 2. The number of carboxylic acids is 1. The molecule has 0 radical (unpaired) electrons. The van der Waals surface area contributed by atoms with Gasteiger partial charge in [-0.05, 0) is 74.0 Å². The Morgan fingerprint density at radius 2 is 1.60 bits per heavy atom. The number of benzene rings is 2. The van der Waals surface area contributed by atoms with Crippen LogP contribution in [-0.2, 0) is 4.79 Å². The zero-order valence-corrected chi connectivity index (χ0v) is 24.3. The first-order valence-electron chi connectivity index (χ1n) is 15.4. The van der Waals surface area contributed by atoms with Gasteiger partial charge in [-0.2, -0.15) is 0 Å². The molecule has 1 aliphatic rings. The van der Waals surface area contributed by atoms with Crippen molar-refractivity contribution in [2.75, 3.05) is 6.61 Å². The summed E-state index contributed by atoms with van der Waals surface area (Å²) in [4.78, 5) is 11.0. The van der Waals surface area contributed by atoms with E-state index in [9.17, 15) is 18.0 Å². The predicted molar refractivity (Wildman–Crippen MR) is 156 cm³/mol. The molecule has 2 aromatic carbocycles. The minimum absolute atomic E-state index is 0.0657. The zero-order chi connectivity index (χ0) is 28.9. The van der Waals surface area contributed by atoms with Crippen molar-refractivity contribution in [3.8, 4) is 16.9 Å². The van der Waals surface area contributed by atoms with Crippen molar-refractivity contribution >= 4 is 5.97 Å². The van der Waals surface area contributed by atoms with Gasteiger partial charge in [0, 0.05) is 11.1 Å². The average Bonchev–Trinajstić information content (AvgIpc) is 2.96. The Kier molecular flexibility index (Phi) is 13.4. The van der Waals surface area contributed by atoms with Crippen molar-refractivity contribution in [3.63, 3.8) is 0 Å². The summed E-state index contributed by atoms with van der Waals surface area (Å²) in [7, 11) is 0. The molecule has 0 aromatic heterocycles. The topological polar surface area (TPSA) is 46.5 Å². The summed E-state index contributed by atoms with van der Waals surface area (Å²) in [5.74, 6) is -1.86. The van der Waals surface area contributed by atoms with Gasteiger partial charge in [-0.1, -0.05) is 89.5 Å². The number of hydrogen-bond donors (Lipinski definition) is 1. The molecule has 6 heteroatoms. The third kappa shape index (κ3) is 9.27. The van der Waals surface area contributed by atoms with E-state index in [4.69, 9.17) is 9.84 Å². The molecule has 222 valence electrons. The molecule has 1 aliphatic carbocycles. The first kappa shape index (κ1) is 32.0. The number of unbranched alkanes of at least 4 members (excludes halogenated alkanes) is 7. The molecule has 1 saturated carbocycles. The largest absolute Gasteiger partial charge is 0.493 e. The number of aliphatic carboxylic acids is 1. The number of halogens is 3. The van der Waals surface area contributed by atoms with Gasteiger partial charge in [0.05, 0.1) is 6.61 Å². The number of alkyl halides is 1. The SMILES string of the molecule is CCCCCCCCCCOc1cc(C2CCC(C(CC)C[C@H](F)C(=O)O)CC2)ccc1-c1cccc(F)c1F. The van der Waals surface area contributed by atoms with Gasteiger partial charge in [0.1, 0.15) is 5.75 Å². The van der Waals surface area contributed by atoms with Crippen LogP contribution in [0.25, 0.3) is 11.1 Å². The molecule has 0 amide bonds. The average molecular weight is 561 g/mol. The normalized spacial score (nSPS) is 18.8. The molecule has 0 saturated heterocycles. The van der Waals surface area contributed by atoms with E-state index in [0.29, 0.717) is 29.8 Å². The van der Waals surface area contributed by atoms with E-state index in [1.165, 1.54) is 44.6 Å². The minimum Gasteiger partial charge on any atom is -0.493 e. The molecule has 2 aromatic rings. The van der Waals surface area contributed by atoms with Crippen LogP contribution < -0.4 is 4.74 Å². The highest BCUT2D eigenvalue weighted by atomic mass is 19.2. The van der Waals surface area contributed by atoms with Gasteiger partial charge in [0.2, 0.25) is 0 Å². The third-order valence-electron chi connectivity index (χ3n) is 8.71. The van der Waals surface area contributed by atoms with Crippen molar-refractivity contribution in [1.82, 2.24) is 0 Å². The summed E-state index contributed by atoms with van der Waals surface area (Å²) < 4.78 is 48.9. The Bertz CT molecular complexity index is 1050. The maximum absolute atomic E-state index is 14.7. The quantitative estimate of drug-likeness (QED) is 0.196. The summed E-state index contributed by atoms with van der Waals surface area (Å²) in [6.07, 6.45) is 12.3. The fourth-order valence-electron chi connectivity index (χ4n) is 6.25. The van der Waals surface area contributed by atoms with Crippen LogP contribution in [0.2, 0.25) is 0 Å². The first-order valence-corrected chi connectivity index (χ1v) is 15.4. The summed E-state index contributed by atoms with van der Waals surface area (Å²) in [6.45, 7) is 4.75. The van der Waals surface area contributed by atoms with Crippen molar-refractivity contribution in [2.45, 2.75) is 116 Å². The standard InChI is InChI=1S/C34H47F3O3/c1-3-5-6-7-8-9-10-11-21-40-32-23-27(19-20-28(32)29-13-12-14-30(35)33(29)37)26-17-15-25(16-18-26)24(4-2)22-31(36)34(38)39/h12-14,19-20,23-26,31H,3-11,15-18,21-22H2,1-2H3,(H,38,39)/t24?,25?,26?,31-/m0/s1. The van der Waals surface area contributed by atoms with Crippen LogP contribution in [0.5, 0.6) is 5.75 Å². The van der Waals surface area contributed by atoms with Crippen molar-refractivity contribution in [2.24, 2.45) is 11.8 Å². The second-order valence-corrected chi connectivity index (χ2v) is 11.5. The van der Waals surface area contributed by atoms with Crippen LogP contribution in [0.1, 0.15) is 115 Å².